The highest BCUT2D eigenvalue weighted by atomic mass is 32.2. The molecule has 2 fully saturated rings. The van der Waals surface area contributed by atoms with Crippen LogP contribution in [0.15, 0.2) is 64.6 Å². The molecule has 0 unspecified atom stereocenters. The lowest BCUT2D eigenvalue weighted by Gasteiger charge is -2.28. The van der Waals surface area contributed by atoms with Crippen LogP contribution in [0.5, 0.6) is 0 Å². The van der Waals surface area contributed by atoms with Gasteiger partial charge >= 0.3 is 0 Å². The molecule has 2 aliphatic heterocycles. The zero-order valence-electron chi connectivity index (χ0n) is 20.9. The molecule has 2 aliphatic rings. The lowest BCUT2D eigenvalue weighted by Crippen LogP contribution is -2.40. The normalized spacial score (nSPS) is 17.2. The number of hydrazone groups is 1. The molecule has 0 spiro atoms. The molecule has 9 heteroatoms. The Morgan fingerprint density at radius 3 is 2.36 bits per heavy atom. The first-order valence-corrected chi connectivity index (χ1v) is 13.9. The van der Waals surface area contributed by atoms with Gasteiger partial charge in [0.05, 0.1) is 41.4 Å². The number of aryl methyl sites for hydroxylation is 1. The Hall–Kier alpha value is -3.14. The van der Waals surface area contributed by atoms with Crippen LogP contribution in [0, 0.1) is 13.8 Å². The van der Waals surface area contributed by atoms with E-state index in [-0.39, 0.29) is 0 Å². The van der Waals surface area contributed by atoms with Crippen LogP contribution in [0.25, 0.3) is 5.69 Å². The van der Waals surface area contributed by atoms with Gasteiger partial charge in [0, 0.05) is 43.1 Å². The summed E-state index contributed by atoms with van der Waals surface area (Å²) in [5.74, 6) is 0. The van der Waals surface area contributed by atoms with E-state index in [9.17, 15) is 8.42 Å². The van der Waals surface area contributed by atoms with Crippen LogP contribution in [0.1, 0.15) is 29.8 Å². The van der Waals surface area contributed by atoms with Crippen molar-refractivity contribution in [3.8, 4) is 5.69 Å². The van der Waals surface area contributed by atoms with E-state index in [2.05, 4.69) is 26.1 Å². The Labute approximate surface area is 213 Å². The Morgan fingerprint density at radius 1 is 0.917 bits per heavy atom. The molecule has 0 amide bonds. The van der Waals surface area contributed by atoms with E-state index in [4.69, 9.17) is 4.74 Å². The highest BCUT2D eigenvalue weighted by molar-refractivity contribution is 7.89. The van der Waals surface area contributed by atoms with E-state index < -0.39 is 10.0 Å². The largest absolute Gasteiger partial charge is 0.379 e. The molecule has 1 aromatic heterocycles. The van der Waals surface area contributed by atoms with Crippen LogP contribution >= 0.6 is 0 Å². The summed E-state index contributed by atoms with van der Waals surface area (Å²) in [6, 6.07) is 17.5. The zero-order chi connectivity index (χ0) is 25.1. The smallest absolute Gasteiger partial charge is 0.243 e. The van der Waals surface area contributed by atoms with Gasteiger partial charge in [-0.25, -0.2) is 8.42 Å². The first-order valence-electron chi connectivity index (χ1n) is 12.5. The summed E-state index contributed by atoms with van der Waals surface area (Å²) in [6.45, 7) is 7.64. The monoisotopic (exact) mass is 507 g/mol. The molecule has 0 radical (unpaired) electrons. The number of nitrogens with zero attached hydrogens (tertiary/aromatic N) is 4. The predicted molar refractivity (Wildman–Crippen MR) is 144 cm³/mol. The van der Waals surface area contributed by atoms with Gasteiger partial charge in [0.25, 0.3) is 0 Å². The van der Waals surface area contributed by atoms with Gasteiger partial charge < -0.3 is 14.2 Å². The summed E-state index contributed by atoms with van der Waals surface area (Å²) in [5, 5.41) is 4.43. The molecule has 190 valence electrons. The van der Waals surface area contributed by atoms with Crippen LogP contribution in [0.4, 0.5) is 11.4 Å². The van der Waals surface area contributed by atoms with E-state index in [1.54, 1.807) is 6.07 Å². The lowest BCUT2D eigenvalue weighted by molar-refractivity contribution is 0.0730. The van der Waals surface area contributed by atoms with Crippen molar-refractivity contribution in [2.24, 2.45) is 5.10 Å². The summed E-state index contributed by atoms with van der Waals surface area (Å²) in [4.78, 5) is 2.67. The number of sulfonamides is 1. The third kappa shape index (κ3) is 4.91. The number of nitrogens with one attached hydrogen (secondary N) is 1. The van der Waals surface area contributed by atoms with Crippen LogP contribution in [-0.2, 0) is 14.8 Å². The maximum atomic E-state index is 13.5. The molecule has 1 N–H and O–H groups in total. The van der Waals surface area contributed by atoms with E-state index in [0.29, 0.717) is 31.2 Å². The van der Waals surface area contributed by atoms with Crippen molar-refractivity contribution in [1.82, 2.24) is 8.87 Å². The third-order valence-electron chi connectivity index (χ3n) is 6.88. The van der Waals surface area contributed by atoms with Gasteiger partial charge in [-0.3, -0.25) is 5.43 Å². The average molecular weight is 508 g/mol. The number of hydrogen-bond donors (Lipinski definition) is 1. The minimum absolute atomic E-state index is 0.316. The fourth-order valence-corrected chi connectivity index (χ4v) is 6.41. The van der Waals surface area contributed by atoms with Crippen molar-refractivity contribution in [1.29, 1.82) is 0 Å². The van der Waals surface area contributed by atoms with Crippen molar-refractivity contribution in [3.63, 3.8) is 0 Å². The molecule has 0 bridgehead atoms. The topological polar surface area (TPSA) is 79.2 Å². The van der Waals surface area contributed by atoms with Crippen LogP contribution in [0.3, 0.4) is 0 Å². The van der Waals surface area contributed by atoms with Crippen molar-refractivity contribution >= 4 is 27.6 Å². The van der Waals surface area contributed by atoms with Gasteiger partial charge in [-0.15, -0.1) is 0 Å². The van der Waals surface area contributed by atoms with Crippen LogP contribution in [0.2, 0.25) is 0 Å². The molecule has 36 heavy (non-hydrogen) atoms. The molecular formula is C27H33N5O3S. The molecule has 8 nitrogen and oxygen atoms in total. The SMILES string of the molecule is Cc1cc(/C=N\Nc2ccccc2)c(C)n1-c1cc(S(=O)(=O)N2CCOCC2)ccc1N1CCCC1. The summed E-state index contributed by atoms with van der Waals surface area (Å²) in [6.07, 6.45) is 4.09. The average Bonchev–Trinajstić information content (AvgIpc) is 3.53. The number of rotatable bonds is 7. The second-order valence-electron chi connectivity index (χ2n) is 9.26. The number of hydrogen-bond acceptors (Lipinski definition) is 6. The standard InChI is InChI=1S/C27H33N5O3S/c1-21-18-23(20-28-29-24-8-4-3-5-9-24)22(2)32(21)27-19-25(10-11-26(27)30-12-6-7-13-30)36(33,34)31-14-16-35-17-15-31/h3-5,8-11,18-20,29H,6-7,12-17H2,1-2H3/b28-20-. The van der Waals surface area contributed by atoms with Gasteiger partial charge in [-0.2, -0.15) is 9.41 Å². The number of anilines is 2. The highest BCUT2D eigenvalue weighted by Crippen LogP contribution is 2.34. The second-order valence-corrected chi connectivity index (χ2v) is 11.2. The maximum absolute atomic E-state index is 13.5. The summed E-state index contributed by atoms with van der Waals surface area (Å²) in [7, 11) is -3.61. The number of ether oxygens (including phenoxy) is 1. The molecule has 2 saturated heterocycles. The van der Waals surface area contributed by atoms with Gasteiger partial charge in [-0.1, -0.05) is 18.2 Å². The van der Waals surface area contributed by atoms with Crippen molar-refractivity contribution < 1.29 is 13.2 Å². The van der Waals surface area contributed by atoms with E-state index in [1.165, 1.54) is 4.31 Å². The van der Waals surface area contributed by atoms with E-state index in [1.807, 2.05) is 62.5 Å². The Morgan fingerprint density at radius 2 is 1.64 bits per heavy atom. The summed E-state index contributed by atoms with van der Waals surface area (Å²) >= 11 is 0. The zero-order valence-corrected chi connectivity index (χ0v) is 21.7. The highest BCUT2D eigenvalue weighted by Gasteiger charge is 2.28. The van der Waals surface area contributed by atoms with Crippen LogP contribution < -0.4 is 10.3 Å². The quantitative estimate of drug-likeness (QED) is 0.384. The fourth-order valence-electron chi connectivity index (χ4n) is 4.98. The summed E-state index contributed by atoms with van der Waals surface area (Å²) < 4.78 is 36.0. The molecule has 2 aromatic carbocycles. The van der Waals surface area contributed by atoms with E-state index >= 15 is 0 Å². The predicted octanol–water partition coefficient (Wildman–Crippen LogP) is 4.16. The Balaban J connectivity index is 1.53. The number of benzene rings is 2. The van der Waals surface area contributed by atoms with Crippen molar-refractivity contribution in [2.75, 3.05) is 49.7 Å². The maximum Gasteiger partial charge on any atom is 0.243 e. The van der Waals surface area contributed by atoms with Gasteiger partial charge in [0.15, 0.2) is 0 Å². The van der Waals surface area contributed by atoms with Crippen molar-refractivity contribution in [2.45, 2.75) is 31.6 Å². The van der Waals surface area contributed by atoms with Gasteiger partial charge in [0.1, 0.15) is 0 Å². The number of para-hydroxylation sites is 1. The lowest BCUT2D eigenvalue weighted by atomic mass is 10.2. The molecule has 3 aromatic rings. The Bertz CT molecular complexity index is 1340. The van der Waals surface area contributed by atoms with E-state index in [0.717, 1.165) is 59.9 Å². The molecule has 3 heterocycles. The van der Waals surface area contributed by atoms with Crippen molar-refractivity contribution in [3.05, 3.63) is 71.5 Å². The first-order chi connectivity index (χ1) is 17.4. The number of morpholine rings is 1. The molecule has 0 saturated carbocycles. The third-order valence-corrected chi connectivity index (χ3v) is 8.78. The first kappa shape index (κ1) is 24.5. The Kier molecular flexibility index (Phi) is 7.13. The molecule has 0 aliphatic carbocycles. The van der Waals surface area contributed by atoms with Gasteiger partial charge in [0.2, 0.25) is 10.0 Å². The minimum Gasteiger partial charge on any atom is -0.379 e. The van der Waals surface area contributed by atoms with Crippen LogP contribution in [-0.4, -0.2) is 62.9 Å². The number of aromatic nitrogens is 1. The molecular weight excluding hydrogens is 474 g/mol. The van der Waals surface area contributed by atoms with Gasteiger partial charge in [-0.05, 0) is 63.1 Å². The molecule has 0 atom stereocenters. The summed E-state index contributed by atoms with van der Waals surface area (Å²) in [5.41, 5.74) is 8.93. The minimum atomic E-state index is -3.61. The molecule has 5 rings (SSSR count). The fraction of sp³-hybridized carbons (Fsp3) is 0.370. The second kappa shape index (κ2) is 10.5.